The minimum atomic E-state index is -0.159. The van der Waals surface area contributed by atoms with Crippen LogP contribution in [0.1, 0.15) is 27.3 Å². The van der Waals surface area contributed by atoms with E-state index >= 15 is 0 Å². The van der Waals surface area contributed by atoms with Gasteiger partial charge in [0.25, 0.3) is 5.91 Å². The third-order valence-corrected chi connectivity index (χ3v) is 4.90. The highest BCUT2D eigenvalue weighted by Crippen LogP contribution is 2.26. The zero-order valence-electron chi connectivity index (χ0n) is 15.8. The second-order valence-corrected chi connectivity index (χ2v) is 6.87. The number of ether oxygens (including phenoxy) is 1. The molecule has 0 saturated heterocycles. The molecule has 3 rings (SSSR count). The van der Waals surface area contributed by atoms with Crippen molar-refractivity contribution in [2.24, 2.45) is 7.05 Å². The van der Waals surface area contributed by atoms with Gasteiger partial charge >= 0.3 is 0 Å². The van der Waals surface area contributed by atoms with Crippen LogP contribution in [0.4, 0.5) is 0 Å². The predicted molar refractivity (Wildman–Crippen MR) is 103 cm³/mol. The molecular weight excluding hydrogens is 366 g/mol. The lowest BCUT2D eigenvalue weighted by molar-refractivity contribution is 0.0774. The molecule has 27 heavy (non-hydrogen) atoms. The number of hydrogen-bond acceptors (Lipinski definition) is 4. The van der Waals surface area contributed by atoms with Crippen molar-refractivity contribution in [3.63, 3.8) is 0 Å². The van der Waals surface area contributed by atoms with Gasteiger partial charge in [-0.3, -0.25) is 9.48 Å². The van der Waals surface area contributed by atoms with Crippen molar-refractivity contribution >= 4 is 17.5 Å². The van der Waals surface area contributed by atoms with Crippen LogP contribution in [0.5, 0.6) is 5.75 Å². The first kappa shape index (κ1) is 19.0. The number of rotatable bonds is 6. The average molecular weight is 388 g/mol. The van der Waals surface area contributed by atoms with Crippen LogP contribution in [0, 0.1) is 13.8 Å². The molecule has 1 aromatic carbocycles. The summed E-state index contributed by atoms with van der Waals surface area (Å²) >= 11 is 6.17. The number of hydrogen-bond donors (Lipinski definition) is 0. The third kappa shape index (κ3) is 4.31. The van der Waals surface area contributed by atoms with Gasteiger partial charge in [-0.05, 0) is 49.2 Å². The van der Waals surface area contributed by atoms with Crippen LogP contribution in [-0.2, 0) is 20.3 Å². The SMILES string of the molecule is Cc1cc(OCn2ccc(C(=O)N(C)Cc3ccnn3C)n2)cc(C)c1Cl. The topological polar surface area (TPSA) is 65.2 Å². The van der Waals surface area contributed by atoms with Crippen molar-refractivity contribution in [1.82, 2.24) is 24.5 Å². The first-order valence-electron chi connectivity index (χ1n) is 8.50. The van der Waals surface area contributed by atoms with E-state index in [1.165, 1.54) is 0 Å². The van der Waals surface area contributed by atoms with Gasteiger partial charge in [-0.15, -0.1) is 0 Å². The molecule has 142 valence electrons. The molecule has 0 spiro atoms. The zero-order valence-corrected chi connectivity index (χ0v) is 16.6. The number of carbonyl (C=O) groups is 1. The Balaban J connectivity index is 1.62. The van der Waals surface area contributed by atoms with Crippen LogP contribution in [0.2, 0.25) is 5.02 Å². The minimum absolute atomic E-state index is 0.159. The van der Waals surface area contributed by atoms with E-state index in [2.05, 4.69) is 10.2 Å². The van der Waals surface area contributed by atoms with Crippen molar-refractivity contribution in [2.45, 2.75) is 27.1 Å². The fourth-order valence-corrected chi connectivity index (χ4v) is 2.85. The van der Waals surface area contributed by atoms with Crippen molar-refractivity contribution in [1.29, 1.82) is 0 Å². The summed E-state index contributed by atoms with van der Waals surface area (Å²) < 4.78 is 9.10. The monoisotopic (exact) mass is 387 g/mol. The molecule has 0 radical (unpaired) electrons. The van der Waals surface area contributed by atoms with Crippen molar-refractivity contribution in [3.8, 4) is 5.75 Å². The molecule has 1 amide bonds. The van der Waals surface area contributed by atoms with Crippen LogP contribution in [0.25, 0.3) is 0 Å². The Hall–Kier alpha value is -2.80. The highest BCUT2D eigenvalue weighted by atomic mass is 35.5. The lowest BCUT2D eigenvalue weighted by Gasteiger charge is -2.15. The van der Waals surface area contributed by atoms with Crippen LogP contribution in [-0.4, -0.2) is 37.4 Å². The Morgan fingerprint density at radius 2 is 1.96 bits per heavy atom. The van der Waals surface area contributed by atoms with E-state index in [9.17, 15) is 4.79 Å². The molecule has 2 aromatic heterocycles. The van der Waals surface area contributed by atoms with Crippen molar-refractivity contribution in [2.75, 3.05) is 7.05 Å². The van der Waals surface area contributed by atoms with E-state index in [1.807, 2.05) is 39.1 Å². The molecule has 0 aliphatic heterocycles. The molecule has 8 heteroatoms. The summed E-state index contributed by atoms with van der Waals surface area (Å²) in [5, 5.41) is 9.16. The summed E-state index contributed by atoms with van der Waals surface area (Å²) in [6.07, 6.45) is 3.43. The lowest BCUT2D eigenvalue weighted by atomic mass is 10.1. The van der Waals surface area contributed by atoms with E-state index in [4.69, 9.17) is 16.3 Å². The molecule has 0 N–H and O–H groups in total. The van der Waals surface area contributed by atoms with E-state index < -0.39 is 0 Å². The first-order chi connectivity index (χ1) is 12.8. The van der Waals surface area contributed by atoms with Gasteiger partial charge in [-0.2, -0.15) is 10.2 Å². The number of halogens is 1. The summed E-state index contributed by atoms with van der Waals surface area (Å²) in [7, 11) is 3.59. The van der Waals surface area contributed by atoms with Crippen LogP contribution < -0.4 is 4.74 Å². The van der Waals surface area contributed by atoms with Gasteiger partial charge in [0.15, 0.2) is 12.4 Å². The third-order valence-electron chi connectivity index (χ3n) is 4.30. The summed E-state index contributed by atoms with van der Waals surface area (Å²) in [5.41, 5.74) is 3.23. The number of aromatic nitrogens is 4. The van der Waals surface area contributed by atoms with Gasteiger partial charge in [0.05, 0.1) is 12.2 Å². The maximum Gasteiger partial charge on any atom is 0.274 e. The number of nitrogens with zero attached hydrogens (tertiary/aromatic N) is 5. The Kier molecular flexibility index (Phi) is 5.51. The fourth-order valence-electron chi connectivity index (χ4n) is 2.74. The zero-order chi connectivity index (χ0) is 19.6. The number of benzene rings is 1. The molecule has 0 aliphatic carbocycles. The second kappa shape index (κ2) is 7.84. The quantitative estimate of drug-likeness (QED) is 0.651. The molecule has 0 fully saturated rings. The second-order valence-electron chi connectivity index (χ2n) is 6.49. The largest absolute Gasteiger partial charge is 0.471 e. The van der Waals surface area contributed by atoms with Crippen molar-refractivity contribution < 1.29 is 9.53 Å². The maximum absolute atomic E-state index is 12.6. The Morgan fingerprint density at radius 1 is 1.26 bits per heavy atom. The van der Waals surface area contributed by atoms with Gasteiger partial charge in [0, 0.05) is 31.5 Å². The minimum Gasteiger partial charge on any atom is -0.471 e. The predicted octanol–water partition coefficient (Wildman–Crippen LogP) is 3.20. The summed E-state index contributed by atoms with van der Waals surface area (Å²) in [5.74, 6) is 0.555. The van der Waals surface area contributed by atoms with Gasteiger partial charge in [-0.1, -0.05) is 11.6 Å². The molecular formula is C19H22ClN5O2. The smallest absolute Gasteiger partial charge is 0.274 e. The Morgan fingerprint density at radius 3 is 2.59 bits per heavy atom. The Labute approximate surface area is 163 Å². The van der Waals surface area contributed by atoms with E-state index in [1.54, 1.807) is 39.8 Å². The van der Waals surface area contributed by atoms with Crippen LogP contribution in [0.15, 0.2) is 36.7 Å². The van der Waals surface area contributed by atoms with Crippen LogP contribution in [0.3, 0.4) is 0 Å². The molecule has 0 saturated carbocycles. The highest BCUT2D eigenvalue weighted by molar-refractivity contribution is 6.32. The standard InChI is InChI=1S/C19H22ClN5O2/c1-13-9-16(10-14(2)18(13)20)27-12-25-8-6-17(22-25)19(26)23(3)11-15-5-7-21-24(15)4/h5-10H,11-12H2,1-4H3. The normalized spacial score (nSPS) is 10.9. The number of aryl methyl sites for hydroxylation is 3. The van der Waals surface area contributed by atoms with Gasteiger partial charge in [0.1, 0.15) is 5.75 Å². The van der Waals surface area contributed by atoms with Gasteiger partial charge in [0.2, 0.25) is 0 Å². The van der Waals surface area contributed by atoms with Crippen LogP contribution >= 0.6 is 11.6 Å². The molecule has 0 bridgehead atoms. The summed E-state index contributed by atoms with van der Waals surface area (Å²) in [6.45, 7) is 4.54. The molecule has 2 heterocycles. The average Bonchev–Trinajstić information content (AvgIpc) is 3.26. The van der Waals surface area contributed by atoms with E-state index in [-0.39, 0.29) is 12.6 Å². The highest BCUT2D eigenvalue weighted by Gasteiger charge is 2.16. The molecule has 0 aliphatic rings. The van der Waals surface area contributed by atoms with Gasteiger partial charge in [-0.25, -0.2) is 4.68 Å². The molecule has 3 aromatic rings. The fraction of sp³-hybridized carbons (Fsp3) is 0.316. The molecule has 0 atom stereocenters. The Bertz CT molecular complexity index is 940. The van der Waals surface area contributed by atoms with Crippen molar-refractivity contribution in [3.05, 3.63) is 64.2 Å². The first-order valence-corrected chi connectivity index (χ1v) is 8.88. The lowest BCUT2D eigenvalue weighted by Crippen LogP contribution is -2.27. The maximum atomic E-state index is 12.6. The van der Waals surface area contributed by atoms with E-state index in [0.29, 0.717) is 18.0 Å². The van der Waals surface area contributed by atoms with E-state index in [0.717, 1.165) is 21.8 Å². The number of amides is 1. The van der Waals surface area contributed by atoms with Gasteiger partial charge < -0.3 is 9.64 Å². The summed E-state index contributed by atoms with van der Waals surface area (Å²) in [6, 6.07) is 7.33. The summed E-state index contributed by atoms with van der Waals surface area (Å²) in [4.78, 5) is 14.2. The molecule has 0 unspecified atom stereocenters. The molecule has 7 nitrogen and oxygen atoms in total. The number of carbonyl (C=O) groups excluding carboxylic acids is 1.